The van der Waals surface area contributed by atoms with Gasteiger partial charge in [0, 0.05) is 38.6 Å². The van der Waals surface area contributed by atoms with Gasteiger partial charge >= 0.3 is 0 Å². The third-order valence-electron chi connectivity index (χ3n) is 3.25. The highest BCUT2D eigenvalue weighted by molar-refractivity contribution is 5.87. The molecule has 0 spiro atoms. The summed E-state index contributed by atoms with van der Waals surface area (Å²) in [5, 5.41) is 2.87. The summed E-state index contributed by atoms with van der Waals surface area (Å²) in [6, 6.07) is 0.0333. The van der Waals surface area contributed by atoms with E-state index in [1.54, 1.807) is 19.4 Å². The molecule has 1 aliphatic rings. The Balaban J connectivity index is 2.13. The highest BCUT2D eigenvalue weighted by Gasteiger charge is 2.23. The molecule has 0 aromatic carbocycles. The van der Waals surface area contributed by atoms with Crippen LogP contribution >= 0.6 is 0 Å². The maximum Gasteiger partial charge on any atom is 0.293 e. The van der Waals surface area contributed by atoms with Gasteiger partial charge in [0.1, 0.15) is 0 Å². The van der Waals surface area contributed by atoms with Crippen LogP contribution in [-0.2, 0) is 11.8 Å². The van der Waals surface area contributed by atoms with Gasteiger partial charge in [-0.2, -0.15) is 0 Å². The second kappa shape index (κ2) is 5.69. The van der Waals surface area contributed by atoms with Gasteiger partial charge in [-0.15, -0.1) is 0 Å². The number of hydrogen-bond donors (Lipinski definition) is 1. The molecule has 102 valence electrons. The Bertz CT molecular complexity index is 538. The van der Waals surface area contributed by atoms with Gasteiger partial charge in [0.25, 0.3) is 5.56 Å². The second-order valence-electron chi connectivity index (χ2n) is 4.66. The number of amides is 1. The molecule has 1 saturated heterocycles. The fourth-order valence-corrected chi connectivity index (χ4v) is 2.25. The smallest absolute Gasteiger partial charge is 0.293 e. The van der Waals surface area contributed by atoms with Gasteiger partial charge in [0.15, 0.2) is 5.82 Å². The highest BCUT2D eigenvalue weighted by Crippen LogP contribution is 2.14. The molecule has 1 atom stereocenters. The molecule has 1 aliphatic heterocycles. The van der Waals surface area contributed by atoms with E-state index in [4.69, 9.17) is 0 Å². The molecule has 1 aromatic heterocycles. The van der Waals surface area contributed by atoms with Crippen LogP contribution in [-0.4, -0.2) is 34.6 Å². The van der Waals surface area contributed by atoms with Crippen molar-refractivity contribution in [1.82, 2.24) is 14.9 Å². The molecule has 0 aliphatic carbocycles. The van der Waals surface area contributed by atoms with Crippen molar-refractivity contribution in [2.24, 2.45) is 7.05 Å². The van der Waals surface area contributed by atoms with Crippen LogP contribution in [0, 0.1) is 0 Å². The van der Waals surface area contributed by atoms with E-state index in [0.717, 1.165) is 19.4 Å². The number of hydrogen-bond acceptors (Lipinski definition) is 4. The summed E-state index contributed by atoms with van der Waals surface area (Å²) in [5.74, 6) is 0.267. The number of nitrogens with zero attached hydrogens (tertiary/aromatic N) is 3. The van der Waals surface area contributed by atoms with Gasteiger partial charge in [-0.05, 0) is 18.9 Å². The van der Waals surface area contributed by atoms with E-state index in [2.05, 4.69) is 16.9 Å². The van der Waals surface area contributed by atoms with Gasteiger partial charge in [-0.1, -0.05) is 6.58 Å². The third kappa shape index (κ3) is 3.01. The fraction of sp³-hybridized carbons (Fsp3) is 0.462. The topological polar surface area (TPSA) is 67.2 Å². The van der Waals surface area contributed by atoms with Crippen molar-refractivity contribution in [2.75, 3.05) is 18.0 Å². The lowest BCUT2D eigenvalue weighted by atomic mass is 10.1. The molecule has 0 radical (unpaired) electrons. The summed E-state index contributed by atoms with van der Waals surface area (Å²) in [5.41, 5.74) is -0.113. The van der Waals surface area contributed by atoms with Crippen molar-refractivity contribution in [2.45, 2.75) is 18.9 Å². The van der Waals surface area contributed by atoms with Crippen molar-refractivity contribution < 1.29 is 4.79 Å². The largest absolute Gasteiger partial charge is 0.350 e. The minimum atomic E-state index is -0.180. The van der Waals surface area contributed by atoms with Crippen LogP contribution in [0.25, 0.3) is 0 Å². The van der Waals surface area contributed by atoms with Gasteiger partial charge < -0.3 is 14.8 Å². The van der Waals surface area contributed by atoms with Gasteiger partial charge in [-0.25, -0.2) is 4.98 Å². The van der Waals surface area contributed by atoms with Crippen LogP contribution in [0.5, 0.6) is 0 Å². The Labute approximate surface area is 111 Å². The number of nitrogens with one attached hydrogen (secondary N) is 1. The minimum Gasteiger partial charge on any atom is -0.350 e. The van der Waals surface area contributed by atoms with Crippen molar-refractivity contribution in [1.29, 1.82) is 0 Å². The average molecular weight is 262 g/mol. The van der Waals surface area contributed by atoms with Crippen LogP contribution in [0.1, 0.15) is 12.8 Å². The predicted octanol–water partition coefficient (Wildman–Crippen LogP) is 0.0513. The molecule has 1 N–H and O–H groups in total. The first-order valence-corrected chi connectivity index (χ1v) is 6.31. The predicted molar refractivity (Wildman–Crippen MR) is 73.1 cm³/mol. The molecule has 1 amide bonds. The molecule has 2 rings (SSSR count). The molecule has 1 aromatic rings. The first-order valence-electron chi connectivity index (χ1n) is 6.31. The lowest BCUT2D eigenvalue weighted by molar-refractivity contribution is -0.117. The van der Waals surface area contributed by atoms with E-state index >= 15 is 0 Å². The van der Waals surface area contributed by atoms with Crippen LogP contribution in [0.4, 0.5) is 5.82 Å². The quantitative estimate of drug-likeness (QED) is 0.782. The SMILES string of the molecule is C=CC(=O)NC1CCCN(c2nccn(C)c2=O)C1. The van der Waals surface area contributed by atoms with Crippen LogP contribution in [0.3, 0.4) is 0 Å². The lowest BCUT2D eigenvalue weighted by Gasteiger charge is -2.33. The number of carbonyl (C=O) groups is 1. The maximum absolute atomic E-state index is 12.0. The Hall–Kier alpha value is -2.11. The molecule has 19 heavy (non-hydrogen) atoms. The summed E-state index contributed by atoms with van der Waals surface area (Å²) in [4.78, 5) is 29.4. The third-order valence-corrected chi connectivity index (χ3v) is 3.25. The van der Waals surface area contributed by atoms with E-state index < -0.39 is 0 Å². The Kier molecular flexibility index (Phi) is 3.99. The van der Waals surface area contributed by atoms with Gasteiger partial charge in [0.2, 0.25) is 5.91 Å². The van der Waals surface area contributed by atoms with Crippen molar-refractivity contribution in [3.8, 4) is 0 Å². The van der Waals surface area contributed by atoms with E-state index in [1.165, 1.54) is 10.6 Å². The molecular formula is C13H18N4O2. The molecule has 6 heteroatoms. The summed E-state index contributed by atoms with van der Waals surface area (Å²) >= 11 is 0. The number of anilines is 1. The molecule has 1 unspecified atom stereocenters. The summed E-state index contributed by atoms with van der Waals surface area (Å²) in [6.45, 7) is 4.83. The summed E-state index contributed by atoms with van der Waals surface area (Å²) in [7, 11) is 1.70. The maximum atomic E-state index is 12.0. The van der Waals surface area contributed by atoms with E-state index in [1.807, 2.05) is 4.90 Å². The second-order valence-corrected chi connectivity index (χ2v) is 4.66. The highest BCUT2D eigenvalue weighted by atomic mass is 16.1. The van der Waals surface area contributed by atoms with Crippen LogP contribution < -0.4 is 15.8 Å². The normalized spacial score (nSPS) is 19.0. The lowest BCUT2D eigenvalue weighted by Crippen LogP contribution is -2.49. The summed E-state index contributed by atoms with van der Waals surface area (Å²) < 4.78 is 1.51. The zero-order valence-electron chi connectivity index (χ0n) is 11.0. The molecule has 0 saturated carbocycles. The van der Waals surface area contributed by atoms with Crippen LogP contribution in [0.2, 0.25) is 0 Å². The Morgan fingerprint density at radius 1 is 1.63 bits per heavy atom. The number of rotatable bonds is 3. The van der Waals surface area contributed by atoms with E-state index in [9.17, 15) is 9.59 Å². The number of aromatic nitrogens is 2. The summed E-state index contributed by atoms with van der Waals surface area (Å²) in [6.07, 6.45) is 6.33. The fourth-order valence-electron chi connectivity index (χ4n) is 2.25. The number of aryl methyl sites for hydroxylation is 1. The number of carbonyl (C=O) groups excluding carboxylic acids is 1. The number of piperidine rings is 1. The molecule has 0 bridgehead atoms. The minimum absolute atomic E-state index is 0.0333. The van der Waals surface area contributed by atoms with Crippen LogP contribution in [0.15, 0.2) is 29.8 Å². The molecular weight excluding hydrogens is 244 g/mol. The molecule has 1 fully saturated rings. The van der Waals surface area contributed by atoms with Gasteiger partial charge in [-0.3, -0.25) is 9.59 Å². The van der Waals surface area contributed by atoms with Crippen molar-refractivity contribution in [3.63, 3.8) is 0 Å². The van der Waals surface area contributed by atoms with Crippen molar-refractivity contribution in [3.05, 3.63) is 35.4 Å². The zero-order chi connectivity index (χ0) is 13.8. The average Bonchev–Trinajstić information content (AvgIpc) is 2.42. The monoisotopic (exact) mass is 262 g/mol. The van der Waals surface area contributed by atoms with Gasteiger partial charge in [0.05, 0.1) is 0 Å². The Morgan fingerprint density at radius 3 is 3.16 bits per heavy atom. The first-order chi connectivity index (χ1) is 9.11. The van der Waals surface area contributed by atoms with E-state index in [-0.39, 0.29) is 17.5 Å². The van der Waals surface area contributed by atoms with Crippen molar-refractivity contribution >= 4 is 11.7 Å². The molecule has 6 nitrogen and oxygen atoms in total. The zero-order valence-corrected chi connectivity index (χ0v) is 11.0. The Morgan fingerprint density at radius 2 is 2.42 bits per heavy atom. The standard InChI is InChI=1S/C13H18N4O2/c1-3-11(18)15-10-5-4-7-17(9-10)12-13(19)16(2)8-6-14-12/h3,6,8,10H,1,4-5,7,9H2,2H3,(H,15,18). The molecule has 2 heterocycles. The van der Waals surface area contributed by atoms with E-state index in [0.29, 0.717) is 12.4 Å². The first kappa shape index (κ1) is 13.3.